The van der Waals surface area contributed by atoms with Gasteiger partial charge in [0.25, 0.3) is 5.91 Å². The fourth-order valence-electron chi connectivity index (χ4n) is 1.22. The Bertz CT molecular complexity index is 192. The lowest BCUT2D eigenvalue weighted by Crippen LogP contribution is -2.41. The first kappa shape index (κ1) is 11.5. The average Bonchev–Trinajstić information content (AvgIpc) is 2.14. The van der Waals surface area contributed by atoms with Crippen LogP contribution in [-0.4, -0.2) is 24.2 Å². The van der Waals surface area contributed by atoms with Crippen LogP contribution in [-0.2, 0) is 14.4 Å². The van der Waals surface area contributed by atoms with E-state index < -0.39 is 0 Å². The lowest BCUT2D eigenvalue weighted by Gasteiger charge is -2.24. The summed E-state index contributed by atoms with van der Waals surface area (Å²) in [6.45, 7) is 6.33. The Balaban J connectivity index is 2.27. The van der Waals surface area contributed by atoms with Gasteiger partial charge in [-0.2, -0.15) is 0 Å². The number of nitrogens with one attached hydrogen (secondary N) is 1. The number of hydrogen-bond donors (Lipinski definition) is 1. The van der Waals surface area contributed by atoms with Crippen LogP contribution in [0, 0.1) is 0 Å². The monoisotopic (exact) mass is 201 g/mol. The second-order valence-electron chi connectivity index (χ2n) is 4.54. The normalized spacial score (nSPS) is 23.2. The van der Waals surface area contributed by atoms with Gasteiger partial charge in [-0.25, -0.2) is 5.48 Å². The molecule has 0 aromatic heterocycles. The minimum absolute atomic E-state index is 0.167. The van der Waals surface area contributed by atoms with Crippen molar-refractivity contribution in [1.82, 2.24) is 5.48 Å². The van der Waals surface area contributed by atoms with Gasteiger partial charge in [0.2, 0.25) is 0 Å². The molecular formula is C10H19NO3. The van der Waals surface area contributed by atoms with E-state index in [-0.39, 0.29) is 17.6 Å². The predicted octanol–water partition coefficient (Wildman–Crippen LogP) is 1.40. The third-order valence-corrected chi connectivity index (χ3v) is 1.93. The molecule has 1 rings (SSSR count). The van der Waals surface area contributed by atoms with Gasteiger partial charge in [-0.05, 0) is 40.0 Å². The summed E-state index contributed by atoms with van der Waals surface area (Å²) in [4.78, 5) is 16.6. The van der Waals surface area contributed by atoms with Gasteiger partial charge in [0.05, 0.1) is 5.60 Å². The number of rotatable bonds is 2. The van der Waals surface area contributed by atoms with E-state index >= 15 is 0 Å². The van der Waals surface area contributed by atoms with E-state index in [4.69, 9.17) is 9.57 Å². The van der Waals surface area contributed by atoms with Gasteiger partial charge in [0.1, 0.15) is 6.10 Å². The van der Waals surface area contributed by atoms with Crippen molar-refractivity contribution >= 4 is 5.91 Å². The molecule has 0 saturated carbocycles. The van der Waals surface area contributed by atoms with Gasteiger partial charge < -0.3 is 4.74 Å². The van der Waals surface area contributed by atoms with Crippen molar-refractivity contribution in [2.24, 2.45) is 0 Å². The van der Waals surface area contributed by atoms with Crippen LogP contribution in [0.2, 0.25) is 0 Å². The zero-order valence-electron chi connectivity index (χ0n) is 9.13. The molecule has 14 heavy (non-hydrogen) atoms. The van der Waals surface area contributed by atoms with Crippen molar-refractivity contribution in [3.05, 3.63) is 0 Å². The van der Waals surface area contributed by atoms with Crippen LogP contribution in [0.15, 0.2) is 0 Å². The van der Waals surface area contributed by atoms with Crippen LogP contribution in [0.3, 0.4) is 0 Å². The standard InChI is InChI=1S/C10H19NO3/c1-10(2,3)14-11-9(12)8-6-4-5-7-13-8/h8H,4-7H2,1-3H3,(H,11,12). The molecule has 0 aliphatic carbocycles. The molecule has 1 aliphatic heterocycles. The number of carbonyl (C=O) groups excluding carboxylic acids is 1. The molecular weight excluding hydrogens is 182 g/mol. The third kappa shape index (κ3) is 4.07. The fraction of sp³-hybridized carbons (Fsp3) is 0.900. The topological polar surface area (TPSA) is 47.6 Å². The summed E-state index contributed by atoms with van der Waals surface area (Å²) in [5, 5.41) is 0. The fourth-order valence-corrected chi connectivity index (χ4v) is 1.22. The molecule has 4 nitrogen and oxygen atoms in total. The maximum absolute atomic E-state index is 11.5. The van der Waals surface area contributed by atoms with Crippen molar-refractivity contribution in [3.63, 3.8) is 0 Å². The van der Waals surface area contributed by atoms with Crippen molar-refractivity contribution in [2.45, 2.75) is 51.7 Å². The van der Waals surface area contributed by atoms with E-state index in [2.05, 4.69) is 5.48 Å². The van der Waals surface area contributed by atoms with E-state index in [9.17, 15) is 4.79 Å². The van der Waals surface area contributed by atoms with E-state index in [1.807, 2.05) is 20.8 Å². The lowest BCUT2D eigenvalue weighted by molar-refractivity contribution is -0.159. The smallest absolute Gasteiger partial charge is 0.272 e. The van der Waals surface area contributed by atoms with Crippen LogP contribution < -0.4 is 5.48 Å². The number of ether oxygens (including phenoxy) is 1. The van der Waals surface area contributed by atoms with Gasteiger partial charge in [0, 0.05) is 6.61 Å². The van der Waals surface area contributed by atoms with Crippen molar-refractivity contribution in [2.75, 3.05) is 6.61 Å². The molecule has 1 unspecified atom stereocenters. The first-order chi connectivity index (χ1) is 6.49. The van der Waals surface area contributed by atoms with E-state index in [1.54, 1.807) is 0 Å². The highest BCUT2D eigenvalue weighted by Crippen LogP contribution is 2.13. The SMILES string of the molecule is CC(C)(C)ONC(=O)C1CCCCO1. The Morgan fingerprint density at radius 1 is 1.43 bits per heavy atom. The Morgan fingerprint density at radius 3 is 2.64 bits per heavy atom. The van der Waals surface area contributed by atoms with Crippen molar-refractivity contribution in [3.8, 4) is 0 Å². The van der Waals surface area contributed by atoms with Crippen LogP contribution >= 0.6 is 0 Å². The molecule has 1 aliphatic rings. The Kier molecular flexibility index (Phi) is 3.89. The molecule has 1 fully saturated rings. The summed E-state index contributed by atoms with van der Waals surface area (Å²) in [6.07, 6.45) is 2.56. The summed E-state index contributed by atoms with van der Waals surface area (Å²) in [7, 11) is 0. The molecule has 4 heteroatoms. The highest BCUT2D eigenvalue weighted by Gasteiger charge is 2.23. The minimum atomic E-state index is -0.357. The molecule has 82 valence electrons. The molecule has 1 atom stereocenters. The van der Waals surface area contributed by atoms with Crippen LogP contribution in [0.5, 0.6) is 0 Å². The van der Waals surface area contributed by atoms with E-state index in [0.29, 0.717) is 6.61 Å². The van der Waals surface area contributed by atoms with E-state index in [1.165, 1.54) is 0 Å². The summed E-state index contributed by atoms with van der Waals surface area (Å²) in [6, 6.07) is 0. The second kappa shape index (κ2) is 4.75. The quantitative estimate of drug-likeness (QED) is 0.687. The molecule has 0 aromatic rings. The van der Waals surface area contributed by atoms with Gasteiger partial charge in [-0.15, -0.1) is 0 Å². The molecule has 0 radical (unpaired) electrons. The minimum Gasteiger partial charge on any atom is -0.368 e. The number of hydroxylamine groups is 1. The van der Waals surface area contributed by atoms with Gasteiger partial charge in [-0.3, -0.25) is 9.63 Å². The van der Waals surface area contributed by atoms with Gasteiger partial charge in [-0.1, -0.05) is 0 Å². The van der Waals surface area contributed by atoms with Gasteiger partial charge in [0.15, 0.2) is 0 Å². The Hall–Kier alpha value is -0.610. The Morgan fingerprint density at radius 2 is 2.14 bits per heavy atom. The summed E-state index contributed by atoms with van der Waals surface area (Å²) in [5.41, 5.74) is 2.07. The number of amides is 1. The highest BCUT2D eigenvalue weighted by molar-refractivity contribution is 5.79. The van der Waals surface area contributed by atoms with Crippen LogP contribution in [0.1, 0.15) is 40.0 Å². The number of hydrogen-bond acceptors (Lipinski definition) is 3. The first-order valence-corrected chi connectivity index (χ1v) is 5.08. The molecule has 0 aromatic carbocycles. The largest absolute Gasteiger partial charge is 0.368 e. The third-order valence-electron chi connectivity index (χ3n) is 1.93. The summed E-state index contributed by atoms with van der Waals surface area (Å²) in [5.74, 6) is -0.167. The molecule has 1 heterocycles. The molecule has 0 bridgehead atoms. The lowest BCUT2D eigenvalue weighted by atomic mass is 10.1. The molecule has 1 amide bonds. The zero-order chi connectivity index (χ0) is 10.6. The van der Waals surface area contributed by atoms with Gasteiger partial charge >= 0.3 is 0 Å². The predicted molar refractivity (Wildman–Crippen MR) is 52.6 cm³/mol. The summed E-state index contributed by atoms with van der Waals surface area (Å²) < 4.78 is 5.31. The van der Waals surface area contributed by atoms with Crippen molar-refractivity contribution < 1.29 is 14.4 Å². The molecule has 0 spiro atoms. The number of carbonyl (C=O) groups is 1. The molecule has 1 N–H and O–H groups in total. The molecule has 1 saturated heterocycles. The van der Waals surface area contributed by atoms with E-state index in [0.717, 1.165) is 19.3 Å². The highest BCUT2D eigenvalue weighted by atomic mass is 16.7. The van der Waals surface area contributed by atoms with Crippen LogP contribution in [0.25, 0.3) is 0 Å². The summed E-state index contributed by atoms with van der Waals surface area (Å²) >= 11 is 0. The Labute approximate surface area is 84.9 Å². The second-order valence-corrected chi connectivity index (χ2v) is 4.54. The zero-order valence-corrected chi connectivity index (χ0v) is 9.13. The first-order valence-electron chi connectivity index (χ1n) is 5.08. The average molecular weight is 201 g/mol. The maximum atomic E-state index is 11.5. The van der Waals surface area contributed by atoms with Crippen LogP contribution in [0.4, 0.5) is 0 Å². The van der Waals surface area contributed by atoms with Crippen molar-refractivity contribution in [1.29, 1.82) is 0 Å². The maximum Gasteiger partial charge on any atom is 0.272 e.